The summed E-state index contributed by atoms with van der Waals surface area (Å²) in [5.74, 6) is 5.27. The Morgan fingerprint density at radius 3 is 2.76 bits per heavy atom. The highest BCUT2D eigenvalue weighted by Gasteiger charge is 2.31. The normalized spacial score (nSPS) is 20.7. The molecule has 6 nitrogen and oxygen atoms in total. The fourth-order valence-electron chi connectivity index (χ4n) is 2.07. The summed E-state index contributed by atoms with van der Waals surface area (Å²) < 4.78 is 49.7. The van der Waals surface area contributed by atoms with Crippen LogP contribution in [0.1, 0.15) is 12.0 Å². The van der Waals surface area contributed by atoms with E-state index < -0.39 is 25.9 Å². The van der Waals surface area contributed by atoms with Gasteiger partial charge in [-0.2, -0.15) is 0 Å². The van der Waals surface area contributed by atoms with Crippen LogP contribution in [-0.2, 0) is 19.9 Å². The van der Waals surface area contributed by atoms with E-state index in [0.29, 0.717) is 12.0 Å². The molecule has 114 valence electrons. The molecule has 1 aromatic carbocycles. The van der Waals surface area contributed by atoms with Crippen molar-refractivity contribution in [2.24, 2.45) is 5.73 Å². The smallest absolute Gasteiger partial charge is 0.240 e. The molecule has 1 heterocycles. The topological polar surface area (TPSA) is 106 Å². The molecule has 0 radical (unpaired) electrons. The van der Waals surface area contributed by atoms with Gasteiger partial charge in [-0.05, 0) is 24.6 Å². The third-order valence-corrected chi connectivity index (χ3v) is 6.32. The Morgan fingerprint density at radius 1 is 1.38 bits per heavy atom. The van der Waals surface area contributed by atoms with Crippen molar-refractivity contribution in [3.05, 3.63) is 29.8 Å². The first-order valence-electron chi connectivity index (χ1n) is 6.34. The quantitative estimate of drug-likeness (QED) is 0.725. The maximum absolute atomic E-state index is 12.2. The van der Waals surface area contributed by atoms with Gasteiger partial charge in [-0.3, -0.25) is 0 Å². The van der Waals surface area contributed by atoms with E-state index >= 15 is 0 Å². The molecular formula is C13H16N2O4S2. The van der Waals surface area contributed by atoms with Crippen molar-refractivity contribution in [3.63, 3.8) is 0 Å². The minimum atomic E-state index is -3.75. The SMILES string of the molecule is NCC#Cc1cccc(S(=O)(=O)NC2CCS(=O)(=O)C2)c1. The van der Waals surface area contributed by atoms with E-state index in [1.54, 1.807) is 12.1 Å². The molecule has 0 aromatic heterocycles. The molecule has 0 amide bonds. The van der Waals surface area contributed by atoms with E-state index in [0.717, 1.165) is 0 Å². The minimum absolute atomic E-state index is 0.0161. The number of hydrogen-bond donors (Lipinski definition) is 2. The van der Waals surface area contributed by atoms with Gasteiger partial charge in [-0.25, -0.2) is 21.6 Å². The van der Waals surface area contributed by atoms with Crippen LogP contribution in [-0.4, -0.2) is 40.9 Å². The van der Waals surface area contributed by atoms with E-state index in [1.807, 2.05) is 0 Å². The summed E-state index contributed by atoms with van der Waals surface area (Å²) in [4.78, 5) is 0.0654. The minimum Gasteiger partial charge on any atom is -0.320 e. The molecule has 21 heavy (non-hydrogen) atoms. The Balaban J connectivity index is 2.20. The van der Waals surface area contributed by atoms with E-state index in [1.165, 1.54) is 12.1 Å². The van der Waals surface area contributed by atoms with Crippen LogP contribution in [0.4, 0.5) is 0 Å². The lowest BCUT2D eigenvalue weighted by Crippen LogP contribution is -2.35. The average molecular weight is 328 g/mol. The number of nitrogens with two attached hydrogens (primary N) is 1. The van der Waals surface area contributed by atoms with Crippen LogP contribution < -0.4 is 10.5 Å². The highest BCUT2D eigenvalue weighted by molar-refractivity contribution is 7.92. The van der Waals surface area contributed by atoms with Gasteiger partial charge in [0.1, 0.15) is 0 Å². The summed E-state index contributed by atoms with van der Waals surface area (Å²) in [5.41, 5.74) is 5.82. The molecular weight excluding hydrogens is 312 g/mol. The summed E-state index contributed by atoms with van der Waals surface area (Å²) in [6.45, 7) is 0.190. The molecule has 1 atom stereocenters. The number of benzene rings is 1. The second kappa shape index (κ2) is 6.15. The number of sulfone groups is 1. The molecule has 1 unspecified atom stereocenters. The summed E-state index contributed by atoms with van der Waals surface area (Å²) >= 11 is 0. The van der Waals surface area contributed by atoms with Gasteiger partial charge < -0.3 is 5.73 Å². The summed E-state index contributed by atoms with van der Waals surface area (Å²) in [5, 5.41) is 0. The van der Waals surface area contributed by atoms with Crippen LogP contribution in [0.25, 0.3) is 0 Å². The van der Waals surface area contributed by atoms with Crippen molar-refractivity contribution in [2.45, 2.75) is 17.4 Å². The fraction of sp³-hybridized carbons (Fsp3) is 0.385. The molecule has 0 bridgehead atoms. The van der Waals surface area contributed by atoms with Crippen LogP contribution in [0.2, 0.25) is 0 Å². The zero-order valence-electron chi connectivity index (χ0n) is 11.2. The van der Waals surface area contributed by atoms with Gasteiger partial charge in [-0.1, -0.05) is 17.9 Å². The lowest BCUT2D eigenvalue weighted by Gasteiger charge is -2.11. The predicted molar refractivity (Wildman–Crippen MR) is 79.8 cm³/mol. The standard InChI is InChI=1S/C13H16N2O4S2/c14-7-2-4-11-3-1-5-13(9-11)21(18,19)15-12-6-8-20(16,17)10-12/h1,3,5,9,12,15H,6-8,10,14H2. The Kier molecular flexibility index (Phi) is 4.68. The maximum atomic E-state index is 12.2. The second-order valence-electron chi connectivity index (χ2n) is 4.75. The molecule has 3 N–H and O–H groups in total. The van der Waals surface area contributed by atoms with Crippen LogP contribution in [0.15, 0.2) is 29.2 Å². The van der Waals surface area contributed by atoms with Crippen molar-refractivity contribution in [1.29, 1.82) is 0 Å². The van der Waals surface area contributed by atoms with E-state index in [4.69, 9.17) is 5.73 Å². The molecule has 8 heteroatoms. The summed E-state index contributed by atoms with van der Waals surface area (Å²) in [6, 6.07) is 5.58. The Morgan fingerprint density at radius 2 is 2.14 bits per heavy atom. The van der Waals surface area contributed by atoms with Gasteiger partial charge in [0.05, 0.1) is 22.9 Å². The largest absolute Gasteiger partial charge is 0.320 e. The Labute approximate surface area is 124 Å². The molecule has 1 aromatic rings. The highest BCUT2D eigenvalue weighted by Crippen LogP contribution is 2.16. The molecule has 1 aliphatic rings. The van der Waals surface area contributed by atoms with Gasteiger partial charge in [0.2, 0.25) is 10.0 Å². The lowest BCUT2D eigenvalue weighted by molar-refractivity contribution is 0.562. The van der Waals surface area contributed by atoms with Crippen LogP contribution in [0.3, 0.4) is 0 Å². The molecule has 2 rings (SSSR count). The van der Waals surface area contributed by atoms with Gasteiger partial charge in [0.25, 0.3) is 0 Å². The van der Waals surface area contributed by atoms with E-state index in [2.05, 4.69) is 16.6 Å². The van der Waals surface area contributed by atoms with Crippen molar-refractivity contribution >= 4 is 19.9 Å². The van der Waals surface area contributed by atoms with Gasteiger partial charge in [0.15, 0.2) is 9.84 Å². The molecule has 1 aliphatic heterocycles. The summed E-state index contributed by atoms with van der Waals surface area (Å²) in [6.07, 6.45) is 0.300. The Hall–Kier alpha value is -1.40. The zero-order chi connectivity index (χ0) is 15.5. The number of rotatable bonds is 3. The van der Waals surface area contributed by atoms with Crippen LogP contribution in [0, 0.1) is 11.8 Å². The first-order chi connectivity index (χ1) is 9.82. The second-order valence-corrected chi connectivity index (χ2v) is 8.70. The first kappa shape index (κ1) is 16.0. The van der Waals surface area contributed by atoms with Crippen LogP contribution in [0.5, 0.6) is 0 Å². The van der Waals surface area contributed by atoms with Crippen molar-refractivity contribution < 1.29 is 16.8 Å². The van der Waals surface area contributed by atoms with Crippen molar-refractivity contribution in [3.8, 4) is 11.8 Å². The molecule has 0 spiro atoms. The van der Waals surface area contributed by atoms with E-state index in [-0.39, 0.29) is 22.9 Å². The van der Waals surface area contributed by atoms with Crippen molar-refractivity contribution in [1.82, 2.24) is 4.72 Å². The maximum Gasteiger partial charge on any atom is 0.240 e. The molecule has 0 aliphatic carbocycles. The predicted octanol–water partition coefficient (Wildman–Crippen LogP) is -0.538. The number of hydrogen-bond acceptors (Lipinski definition) is 5. The van der Waals surface area contributed by atoms with Gasteiger partial charge >= 0.3 is 0 Å². The first-order valence-corrected chi connectivity index (χ1v) is 9.65. The fourth-order valence-corrected chi connectivity index (χ4v) is 5.16. The van der Waals surface area contributed by atoms with Crippen LogP contribution >= 0.6 is 0 Å². The van der Waals surface area contributed by atoms with Gasteiger partial charge in [-0.15, -0.1) is 0 Å². The monoisotopic (exact) mass is 328 g/mol. The van der Waals surface area contributed by atoms with Gasteiger partial charge in [0, 0.05) is 11.6 Å². The Bertz CT molecular complexity index is 789. The third-order valence-electron chi connectivity index (χ3n) is 3.03. The lowest BCUT2D eigenvalue weighted by atomic mass is 10.2. The molecule has 1 saturated heterocycles. The average Bonchev–Trinajstić information content (AvgIpc) is 2.75. The zero-order valence-corrected chi connectivity index (χ0v) is 12.9. The summed E-state index contributed by atoms with van der Waals surface area (Å²) in [7, 11) is -6.89. The molecule has 1 fully saturated rings. The third kappa shape index (κ3) is 4.28. The van der Waals surface area contributed by atoms with Crippen molar-refractivity contribution in [2.75, 3.05) is 18.1 Å². The van der Waals surface area contributed by atoms with E-state index in [9.17, 15) is 16.8 Å². The number of nitrogens with one attached hydrogen (secondary N) is 1. The highest BCUT2D eigenvalue weighted by atomic mass is 32.2. The number of sulfonamides is 1. The molecule has 0 saturated carbocycles.